The van der Waals surface area contributed by atoms with Crippen molar-refractivity contribution in [3.8, 4) is 11.3 Å². The van der Waals surface area contributed by atoms with Crippen LogP contribution in [-0.4, -0.2) is 69.2 Å². The number of nitrogen functional groups attached to an aromatic ring is 1. The summed E-state index contributed by atoms with van der Waals surface area (Å²) in [7, 11) is 1.88. The average molecular weight is 491 g/mol. The summed E-state index contributed by atoms with van der Waals surface area (Å²) in [5.74, 6) is 0.0526. The molecule has 3 atom stereocenters. The molecular weight excluding hydrogens is 464 g/mol. The molecule has 35 heavy (non-hydrogen) atoms. The van der Waals surface area contributed by atoms with Gasteiger partial charge in [0.1, 0.15) is 11.7 Å². The summed E-state index contributed by atoms with van der Waals surface area (Å²) >= 11 is 0. The molecule has 5 rings (SSSR count). The number of piperidine rings is 1. The molecule has 186 valence electrons. The lowest BCUT2D eigenvalue weighted by Gasteiger charge is -2.32. The van der Waals surface area contributed by atoms with Crippen molar-refractivity contribution in [2.24, 2.45) is 4.99 Å². The molecule has 0 aromatic carbocycles. The zero-order valence-corrected chi connectivity index (χ0v) is 19.1. The first-order chi connectivity index (χ1) is 16.7. The van der Waals surface area contributed by atoms with Crippen molar-refractivity contribution in [3.63, 3.8) is 0 Å². The third-order valence-corrected chi connectivity index (χ3v) is 6.56. The van der Waals surface area contributed by atoms with E-state index in [1.165, 1.54) is 0 Å². The lowest BCUT2D eigenvalue weighted by atomic mass is 9.92. The SMILES string of the molecule is CN1CC[C@H](Nc2nc(N)c3c(-c4ccc5c(n4)[C@H](CCC(F)(F)F)CC=N5)ccn3n2)[C@H](F)C1. The fourth-order valence-electron chi connectivity index (χ4n) is 4.71. The van der Waals surface area contributed by atoms with Crippen LogP contribution in [0.5, 0.6) is 0 Å². The zero-order chi connectivity index (χ0) is 24.7. The number of halogens is 4. The van der Waals surface area contributed by atoms with E-state index in [0.717, 1.165) is 6.54 Å². The number of rotatable bonds is 5. The first-order valence-corrected chi connectivity index (χ1v) is 11.5. The number of anilines is 2. The van der Waals surface area contributed by atoms with Crippen molar-refractivity contribution >= 4 is 29.2 Å². The zero-order valence-electron chi connectivity index (χ0n) is 19.1. The number of nitrogens with two attached hydrogens (primary N) is 1. The topological polar surface area (TPSA) is 96.7 Å². The van der Waals surface area contributed by atoms with Crippen molar-refractivity contribution in [1.29, 1.82) is 0 Å². The van der Waals surface area contributed by atoms with Crippen LogP contribution >= 0.6 is 0 Å². The second-order valence-electron chi connectivity index (χ2n) is 9.16. The van der Waals surface area contributed by atoms with Crippen LogP contribution in [0.4, 0.5) is 35.0 Å². The van der Waals surface area contributed by atoms with E-state index in [1.54, 1.807) is 35.1 Å². The van der Waals surface area contributed by atoms with Crippen molar-refractivity contribution < 1.29 is 17.6 Å². The largest absolute Gasteiger partial charge is 0.389 e. The average Bonchev–Trinajstić information content (AvgIpc) is 3.23. The molecule has 0 unspecified atom stereocenters. The summed E-state index contributed by atoms with van der Waals surface area (Å²) in [6, 6.07) is 4.89. The first-order valence-electron chi connectivity index (χ1n) is 11.5. The van der Waals surface area contributed by atoms with Crippen LogP contribution < -0.4 is 11.1 Å². The van der Waals surface area contributed by atoms with E-state index in [-0.39, 0.29) is 24.1 Å². The Morgan fingerprint density at radius 1 is 1.20 bits per heavy atom. The van der Waals surface area contributed by atoms with Gasteiger partial charge in [-0.2, -0.15) is 18.2 Å². The molecule has 1 saturated heterocycles. The monoisotopic (exact) mass is 490 g/mol. The van der Waals surface area contributed by atoms with Crippen molar-refractivity contribution in [1.82, 2.24) is 24.5 Å². The molecule has 12 heteroatoms. The second kappa shape index (κ2) is 9.06. The molecule has 3 N–H and O–H groups in total. The lowest BCUT2D eigenvalue weighted by molar-refractivity contribution is -0.136. The Balaban J connectivity index is 1.43. The van der Waals surface area contributed by atoms with E-state index in [9.17, 15) is 17.6 Å². The number of hydrogen-bond donors (Lipinski definition) is 2. The quantitative estimate of drug-likeness (QED) is 0.516. The normalized spacial score (nSPS) is 22.9. The Bertz CT molecular complexity index is 1250. The molecule has 1 fully saturated rings. The van der Waals surface area contributed by atoms with Gasteiger partial charge in [-0.1, -0.05) is 0 Å². The molecule has 2 aliphatic heterocycles. The predicted octanol–water partition coefficient (Wildman–Crippen LogP) is 4.36. The smallest absolute Gasteiger partial charge is 0.382 e. The van der Waals surface area contributed by atoms with Crippen molar-refractivity contribution in [2.45, 2.75) is 50.0 Å². The summed E-state index contributed by atoms with van der Waals surface area (Å²) in [6.45, 7) is 1.10. The molecule has 0 bridgehead atoms. The maximum atomic E-state index is 14.4. The van der Waals surface area contributed by atoms with Crippen LogP contribution in [0.3, 0.4) is 0 Å². The number of aromatic nitrogens is 4. The van der Waals surface area contributed by atoms with Gasteiger partial charge in [-0.05, 0) is 44.5 Å². The third-order valence-electron chi connectivity index (χ3n) is 6.56. The number of hydrogen-bond acceptors (Lipinski definition) is 7. The maximum Gasteiger partial charge on any atom is 0.389 e. The van der Waals surface area contributed by atoms with E-state index in [4.69, 9.17) is 5.73 Å². The molecule has 0 spiro atoms. The Labute approximate surface area is 199 Å². The summed E-state index contributed by atoms with van der Waals surface area (Å²) in [4.78, 5) is 15.3. The molecule has 0 radical (unpaired) electrons. The number of pyridine rings is 1. The summed E-state index contributed by atoms with van der Waals surface area (Å²) < 4.78 is 54.4. The molecule has 8 nitrogen and oxygen atoms in total. The third kappa shape index (κ3) is 4.93. The van der Waals surface area contributed by atoms with Crippen LogP contribution in [-0.2, 0) is 0 Å². The maximum absolute atomic E-state index is 14.4. The molecular formula is C23H26F4N8. The molecule has 0 amide bonds. The lowest BCUT2D eigenvalue weighted by Crippen LogP contribution is -2.46. The van der Waals surface area contributed by atoms with Crippen LogP contribution in [0.15, 0.2) is 29.4 Å². The van der Waals surface area contributed by atoms with Gasteiger partial charge in [-0.25, -0.2) is 8.91 Å². The summed E-state index contributed by atoms with van der Waals surface area (Å²) in [5.41, 5.74) is 9.12. The molecule has 5 heterocycles. The molecule has 0 aliphatic carbocycles. The van der Waals surface area contributed by atoms with Crippen molar-refractivity contribution in [3.05, 3.63) is 30.1 Å². The number of alkyl halides is 4. The number of likely N-dealkylation sites (tertiary alicyclic amines) is 1. The molecule has 3 aromatic heterocycles. The molecule has 0 saturated carbocycles. The van der Waals surface area contributed by atoms with Gasteiger partial charge < -0.3 is 16.0 Å². The Hall–Kier alpha value is -3.28. The van der Waals surface area contributed by atoms with Gasteiger partial charge >= 0.3 is 6.18 Å². The number of nitrogens with zero attached hydrogens (tertiary/aromatic N) is 6. The van der Waals surface area contributed by atoms with Gasteiger partial charge in [0.2, 0.25) is 5.95 Å². The fraction of sp³-hybridized carbons (Fsp3) is 0.478. The van der Waals surface area contributed by atoms with Crippen molar-refractivity contribution in [2.75, 3.05) is 31.2 Å². The van der Waals surface area contributed by atoms with Gasteiger partial charge in [-0.3, -0.25) is 9.98 Å². The van der Waals surface area contributed by atoms with Crippen LogP contribution in [0.1, 0.15) is 37.3 Å². The number of fused-ring (bicyclic) bond motifs is 2. The second-order valence-corrected chi connectivity index (χ2v) is 9.16. The van der Waals surface area contributed by atoms with E-state index in [0.29, 0.717) is 47.5 Å². The Morgan fingerprint density at radius 3 is 2.80 bits per heavy atom. The fourth-order valence-corrected chi connectivity index (χ4v) is 4.71. The van der Waals surface area contributed by atoms with Crippen LogP contribution in [0.2, 0.25) is 0 Å². The summed E-state index contributed by atoms with van der Waals surface area (Å²) in [6.07, 6.45) is -1.83. The van der Waals surface area contributed by atoms with E-state index < -0.39 is 24.8 Å². The highest BCUT2D eigenvalue weighted by Crippen LogP contribution is 2.39. The van der Waals surface area contributed by atoms with E-state index in [1.807, 2.05) is 11.9 Å². The van der Waals surface area contributed by atoms with Gasteiger partial charge in [0.15, 0.2) is 5.82 Å². The van der Waals surface area contributed by atoms with Gasteiger partial charge in [0, 0.05) is 43.4 Å². The highest BCUT2D eigenvalue weighted by Gasteiger charge is 2.31. The highest BCUT2D eigenvalue weighted by atomic mass is 19.4. The molecule has 2 aliphatic rings. The Kier molecular flexibility index (Phi) is 6.07. The number of nitrogens with one attached hydrogen (secondary N) is 1. The highest BCUT2D eigenvalue weighted by molar-refractivity contribution is 5.87. The molecule has 3 aromatic rings. The first kappa shape index (κ1) is 23.5. The van der Waals surface area contributed by atoms with E-state index in [2.05, 4.69) is 25.4 Å². The minimum atomic E-state index is -4.22. The standard InChI is InChI=1S/C23H26F4N8/c1-34-10-7-17(15(24)12-34)31-22-32-21(28)20-14(6-11-35(20)33-22)16-2-3-18-19(30-16)13(5-9-29-18)4-8-23(25,26)27/h2-3,6,9,11,13,15,17H,4-5,7-8,10,12H2,1H3,(H3,28,31,32,33)/t13-,15-,17+/m1/s1. The van der Waals surface area contributed by atoms with Gasteiger partial charge in [0.25, 0.3) is 0 Å². The van der Waals surface area contributed by atoms with E-state index >= 15 is 0 Å². The van der Waals surface area contributed by atoms with Crippen LogP contribution in [0.25, 0.3) is 16.8 Å². The number of aliphatic imine (C=N–C) groups is 1. The van der Waals surface area contributed by atoms with Crippen LogP contribution in [0, 0.1) is 0 Å². The minimum Gasteiger partial charge on any atom is -0.382 e. The van der Waals surface area contributed by atoms with Gasteiger partial charge in [0.05, 0.1) is 23.1 Å². The summed E-state index contributed by atoms with van der Waals surface area (Å²) in [5, 5.41) is 7.50. The minimum absolute atomic E-state index is 0.0533. The Morgan fingerprint density at radius 2 is 2.03 bits per heavy atom. The predicted molar refractivity (Wildman–Crippen MR) is 126 cm³/mol. The van der Waals surface area contributed by atoms with Gasteiger partial charge in [-0.15, -0.1) is 5.10 Å².